The SMILES string of the molecule is CC(C)(C)OC(=O)NCCCNc1nc(Cl)ncc1Cl.Clc1ncc(Cl)c(Cl)n1. The van der Waals surface area contributed by atoms with Crippen molar-refractivity contribution in [2.24, 2.45) is 0 Å². The maximum atomic E-state index is 11.4. The lowest BCUT2D eigenvalue weighted by Crippen LogP contribution is -2.33. The van der Waals surface area contributed by atoms with Gasteiger partial charge in [-0.3, -0.25) is 0 Å². The third kappa shape index (κ3) is 11.4. The Kier molecular flexibility index (Phi) is 11.0. The third-order valence-electron chi connectivity index (χ3n) is 2.70. The van der Waals surface area contributed by atoms with Crippen molar-refractivity contribution in [1.29, 1.82) is 0 Å². The number of carbonyl (C=O) groups is 1. The smallest absolute Gasteiger partial charge is 0.407 e. The number of hydrogen-bond acceptors (Lipinski definition) is 7. The average molecular weight is 505 g/mol. The molecule has 1 amide bonds. The molecule has 2 heterocycles. The molecule has 160 valence electrons. The summed E-state index contributed by atoms with van der Waals surface area (Å²) in [5.41, 5.74) is -0.492. The fourth-order valence-corrected chi connectivity index (χ4v) is 2.28. The molecule has 0 atom stereocenters. The van der Waals surface area contributed by atoms with Gasteiger partial charge in [0.05, 0.1) is 17.4 Å². The number of nitrogens with one attached hydrogen (secondary N) is 2. The number of alkyl carbamates (subject to hydrolysis) is 1. The number of carbonyl (C=O) groups excluding carboxylic acids is 1. The second-order valence-electron chi connectivity index (χ2n) is 6.32. The Balaban J connectivity index is 0.000000387. The number of anilines is 1. The first-order valence-electron chi connectivity index (χ1n) is 8.20. The van der Waals surface area contributed by atoms with E-state index in [2.05, 4.69) is 30.6 Å². The molecule has 0 aliphatic rings. The molecule has 2 N–H and O–H groups in total. The van der Waals surface area contributed by atoms with Gasteiger partial charge in [-0.05, 0) is 50.4 Å². The molecule has 0 radical (unpaired) electrons. The van der Waals surface area contributed by atoms with Crippen LogP contribution >= 0.6 is 58.0 Å². The normalized spacial score (nSPS) is 10.6. The van der Waals surface area contributed by atoms with E-state index in [1.54, 1.807) is 0 Å². The van der Waals surface area contributed by atoms with Gasteiger partial charge < -0.3 is 15.4 Å². The third-order valence-corrected chi connectivity index (χ3v) is 4.00. The lowest BCUT2D eigenvalue weighted by molar-refractivity contribution is 0.0528. The monoisotopic (exact) mass is 502 g/mol. The van der Waals surface area contributed by atoms with Crippen LogP contribution in [0, 0.1) is 0 Å². The Morgan fingerprint density at radius 3 is 2.10 bits per heavy atom. The van der Waals surface area contributed by atoms with Gasteiger partial charge in [0.25, 0.3) is 0 Å². The summed E-state index contributed by atoms with van der Waals surface area (Å²) in [5.74, 6) is 0.476. The summed E-state index contributed by atoms with van der Waals surface area (Å²) >= 11 is 27.8. The highest BCUT2D eigenvalue weighted by Crippen LogP contribution is 2.19. The number of halogens is 5. The van der Waals surface area contributed by atoms with E-state index in [1.165, 1.54) is 12.4 Å². The van der Waals surface area contributed by atoms with Gasteiger partial charge in [0, 0.05) is 13.1 Å². The van der Waals surface area contributed by atoms with Gasteiger partial charge in [-0.15, -0.1) is 0 Å². The highest BCUT2D eigenvalue weighted by Gasteiger charge is 2.15. The van der Waals surface area contributed by atoms with E-state index < -0.39 is 11.7 Å². The Morgan fingerprint density at radius 1 is 0.966 bits per heavy atom. The molecular weight excluding hydrogens is 485 g/mol. The topological polar surface area (TPSA) is 102 Å². The highest BCUT2D eigenvalue weighted by molar-refractivity contribution is 6.41. The van der Waals surface area contributed by atoms with Crippen LogP contribution in [0.5, 0.6) is 0 Å². The van der Waals surface area contributed by atoms with E-state index in [-0.39, 0.29) is 15.7 Å². The fraction of sp³-hybridized carbons (Fsp3) is 0.438. The maximum absolute atomic E-state index is 11.4. The van der Waals surface area contributed by atoms with E-state index in [0.29, 0.717) is 35.4 Å². The van der Waals surface area contributed by atoms with Crippen molar-refractivity contribution in [3.63, 3.8) is 0 Å². The van der Waals surface area contributed by atoms with Crippen molar-refractivity contribution in [2.75, 3.05) is 18.4 Å². The number of rotatable bonds is 5. The molecule has 0 spiro atoms. The second-order valence-corrected chi connectivity index (χ2v) is 8.17. The summed E-state index contributed by atoms with van der Waals surface area (Å²) in [6, 6.07) is 0. The average Bonchev–Trinajstić information content (AvgIpc) is 2.60. The lowest BCUT2D eigenvalue weighted by atomic mass is 10.2. The molecule has 29 heavy (non-hydrogen) atoms. The first-order chi connectivity index (χ1) is 13.5. The van der Waals surface area contributed by atoms with Crippen molar-refractivity contribution in [1.82, 2.24) is 25.3 Å². The minimum atomic E-state index is -0.492. The highest BCUT2D eigenvalue weighted by atomic mass is 35.5. The largest absolute Gasteiger partial charge is 0.444 e. The summed E-state index contributed by atoms with van der Waals surface area (Å²) < 4.78 is 5.11. The van der Waals surface area contributed by atoms with Crippen LogP contribution in [-0.4, -0.2) is 44.7 Å². The van der Waals surface area contributed by atoms with E-state index in [0.717, 1.165) is 0 Å². The van der Waals surface area contributed by atoms with Gasteiger partial charge in [-0.1, -0.05) is 34.8 Å². The van der Waals surface area contributed by atoms with E-state index >= 15 is 0 Å². The number of amides is 1. The quantitative estimate of drug-likeness (QED) is 0.313. The van der Waals surface area contributed by atoms with Crippen LogP contribution in [0.2, 0.25) is 25.8 Å². The van der Waals surface area contributed by atoms with Crippen molar-refractivity contribution in [3.8, 4) is 0 Å². The van der Waals surface area contributed by atoms with Gasteiger partial charge in [-0.25, -0.2) is 19.7 Å². The van der Waals surface area contributed by atoms with Crippen LogP contribution < -0.4 is 10.6 Å². The summed E-state index contributed by atoms with van der Waals surface area (Å²) in [5, 5.41) is 6.79. The van der Waals surface area contributed by atoms with Crippen LogP contribution in [-0.2, 0) is 4.74 Å². The molecule has 0 fully saturated rings. The molecule has 0 aliphatic carbocycles. The molecule has 0 aliphatic heterocycles. The minimum Gasteiger partial charge on any atom is -0.444 e. The number of ether oxygens (including phenoxy) is 1. The molecule has 13 heteroatoms. The molecule has 0 unspecified atom stereocenters. The standard InChI is InChI=1S/C12H18Cl2N4O2.C4HCl3N2/c1-12(2,3)20-11(19)16-6-4-5-15-9-8(13)7-17-10(14)18-9;5-2-1-8-4(7)9-3(2)6/h7H,4-6H2,1-3H3,(H,16,19)(H,15,17,18);1H. The Bertz CT molecular complexity index is 819. The second kappa shape index (κ2) is 12.4. The van der Waals surface area contributed by atoms with Gasteiger partial charge in [0.1, 0.15) is 16.4 Å². The molecule has 0 saturated heterocycles. The lowest BCUT2D eigenvalue weighted by Gasteiger charge is -2.19. The molecule has 8 nitrogen and oxygen atoms in total. The number of hydrogen-bond donors (Lipinski definition) is 2. The number of nitrogens with zero attached hydrogens (tertiary/aromatic N) is 4. The van der Waals surface area contributed by atoms with E-state index in [1.807, 2.05) is 20.8 Å². The van der Waals surface area contributed by atoms with Gasteiger partial charge in [0.15, 0.2) is 5.15 Å². The Labute approximate surface area is 193 Å². The van der Waals surface area contributed by atoms with Crippen molar-refractivity contribution >= 4 is 69.9 Å². The van der Waals surface area contributed by atoms with Gasteiger partial charge in [0.2, 0.25) is 10.6 Å². The van der Waals surface area contributed by atoms with Crippen LogP contribution in [0.3, 0.4) is 0 Å². The molecule has 2 aromatic heterocycles. The van der Waals surface area contributed by atoms with E-state index in [9.17, 15) is 4.79 Å². The van der Waals surface area contributed by atoms with Crippen LogP contribution in [0.25, 0.3) is 0 Å². The zero-order chi connectivity index (χ0) is 22.0. The maximum Gasteiger partial charge on any atom is 0.407 e. The zero-order valence-corrected chi connectivity index (χ0v) is 19.6. The minimum absolute atomic E-state index is 0.101. The molecule has 2 aromatic rings. The van der Waals surface area contributed by atoms with Gasteiger partial charge in [-0.2, -0.15) is 4.98 Å². The molecule has 0 bridgehead atoms. The zero-order valence-electron chi connectivity index (χ0n) is 15.8. The first kappa shape index (κ1) is 25.7. The molecule has 0 saturated carbocycles. The van der Waals surface area contributed by atoms with Crippen LogP contribution in [0.4, 0.5) is 10.6 Å². The summed E-state index contributed by atoms with van der Waals surface area (Å²) in [6.45, 7) is 6.51. The van der Waals surface area contributed by atoms with Gasteiger partial charge >= 0.3 is 6.09 Å². The Morgan fingerprint density at radius 2 is 1.55 bits per heavy atom. The van der Waals surface area contributed by atoms with Crippen molar-refractivity contribution in [2.45, 2.75) is 32.8 Å². The fourth-order valence-electron chi connectivity index (χ4n) is 1.60. The molecular formula is C16H19Cl5N6O2. The molecule has 2 rings (SSSR count). The summed E-state index contributed by atoms with van der Waals surface area (Å²) in [7, 11) is 0. The predicted molar refractivity (Wildman–Crippen MR) is 116 cm³/mol. The Hall–Kier alpha value is -1.32. The predicted octanol–water partition coefficient (Wildman–Crippen LogP) is 5.55. The van der Waals surface area contributed by atoms with Crippen molar-refractivity contribution < 1.29 is 9.53 Å². The summed E-state index contributed by atoms with van der Waals surface area (Å²) in [4.78, 5) is 26.2. The first-order valence-corrected chi connectivity index (χ1v) is 10.1. The van der Waals surface area contributed by atoms with E-state index in [4.69, 9.17) is 62.7 Å². The van der Waals surface area contributed by atoms with Crippen molar-refractivity contribution in [3.05, 3.63) is 38.2 Å². The molecule has 0 aromatic carbocycles. The van der Waals surface area contributed by atoms with Crippen LogP contribution in [0.15, 0.2) is 12.4 Å². The summed E-state index contributed by atoms with van der Waals surface area (Å²) in [6.07, 6.45) is 3.04. The van der Waals surface area contributed by atoms with Crippen LogP contribution in [0.1, 0.15) is 27.2 Å². The number of aromatic nitrogens is 4.